The molecule has 0 bridgehead atoms. The Morgan fingerprint density at radius 3 is 2.96 bits per heavy atom. The number of nitrogens with one attached hydrogen (secondary N) is 2. The SMILES string of the molecule is Clc1cccnc1N(Cc1cccc(-c2nnn[nH]2)c1)[C@@H]1CCNC1. The molecule has 25 heavy (non-hydrogen) atoms. The maximum absolute atomic E-state index is 6.42. The molecule has 0 unspecified atom stereocenters. The minimum Gasteiger partial charge on any atom is -0.347 e. The third-order valence-electron chi connectivity index (χ3n) is 4.38. The van der Waals surface area contributed by atoms with Crippen molar-refractivity contribution >= 4 is 17.4 Å². The second-order valence-electron chi connectivity index (χ2n) is 6.03. The molecule has 1 atom stereocenters. The summed E-state index contributed by atoms with van der Waals surface area (Å²) in [7, 11) is 0. The fourth-order valence-corrected chi connectivity index (χ4v) is 3.40. The van der Waals surface area contributed by atoms with Crippen molar-refractivity contribution in [1.29, 1.82) is 0 Å². The van der Waals surface area contributed by atoms with Gasteiger partial charge in [-0.2, -0.15) is 0 Å². The Morgan fingerprint density at radius 1 is 1.24 bits per heavy atom. The van der Waals surface area contributed by atoms with Crippen molar-refractivity contribution < 1.29 is 0 Å². The summed E-state index contributed by atoms with van der Waals surface area (Å²) in [6, 6.07) is 12.3. The number of rotatable bonds is 5. The topological polar surface area (TPSA) is 82.6 Å². The van der Waals surface area contributed by atoms with Crippen LogP contribution in [0.4, 0.5) is 5.82 Å². The Kier molecular flexibility index (Phi) is 4.58. The van der Waals surface area contributed by atoms with E-state index in [1.54, 1.807) is 6.20 Å². The fraction of sp³-hybridized carbons (Fsp3) is 0.294. The molecule has 7 nitrogen and oxygen atoms in total. The molecule has 8 heteroatoms. The summed E-state index contributed by atoms with van der Waals surface area (Å²) in [6.45, 7) is 2.66. The summed E-state index contributed by atoms with van der Waals surface area (Å²) >= 11 is 6.42. The number of anilines is 1. The van der Waals surface area contributed by atoms with E-state index in [0.29, 0.717) is 16.9 Å². The zero-order chi connectivity index (χ0) is 17.1. The van der Waals surface area contributed by atoms with Crippen LogP contribution in [0.5, 0.6) is 0 Å². The number of pyridine rings is 1. The van der Waals surface area contributed by atoms with Crippen LogP contribution in [0.3, 0.4) is 0 Å². The number of aromatic nitrogens is 5. The van der Waals surface area contributed by atoms with Crippen molar-refractivity contribution in [3.63, 3.8) is 0 Å². The van der Waals surface area contributed by atoms with E-state index in [1.807, 2.05) is 24.3 Å². The first-order chi connectivity index (χ1) is 12.3. The number of aromatic amines is 1. The lowest BCUT2D eigenvalue weighted by molar-refractivity contribution is 0.624. The van der Waals surface area contributed by atoms with E-state index in [2.05, 4.69) is 48.0 Å². The van der Waals surface area contributed by atoms with Gasteiger partial charge in [0.05, 0.1) is 5.02 Å². The lowest BCUT2D eigenvalue weighted by Gasteiger charge is -2.30. The summed E-state index contributed by atoms with van der Waals surface area (Å²) in [5.41, 5.74) is 2.11. The summed E-state index contributed by atoms with van der Waals surface area (Å²) < 4.78 is 0. The molecular weight excluding hydrogens is 338 g/mol. The van der Waals surface area contributed by atoms with E-state index >= 15 is 0 Å². The molecule has 1 aromatic carbocycles. The second kappa shape index (κ2) is 7.16. The lowest BCUT2D eigenvalue weighted by Crippen LogP contribution is -2.37. The predicted molar refractivity (Wildman–Crippen MR) is 96.3 cm³/mol. The summed E-state index contributed by atoms with van der Waals surface area (Å²) in [5, 5.41) is 18.2. The van der Waals surface area contributed by atoms with Crippen LogP contribution in [0, 0.1) is 0 Å². The zero-order valence-corrected chi connectivity index (χ0v) is 14.3. The fourth-order valence-electron chi connectivity index (χ4n) is 3.17. The molecule has 3 heterocycles. The normalized spacial score (nSPS) is 16.9. The highest BCUT2D eigenvalue weighted by Gasteiger charge is 2.25. The zero-order valence-electron chi connectivity index (χ0n) is 13.6. The Bertz CT molecular complexity index is 831. The molecule has 0 radical (unpaired) electrons. The van der Waals surface area contributed by atoms with Gasteiger partial charge in [0.2, 0.25) is 0 Å². The van der Waals surface area contributed by atoms with Gasteiger partial charge in [0.25, 0.3) is 0 Å². The van der Waals surface area contributed by atoms with Crippen LogP contribution in [0.15, 0.2) is 42.6 Å². The van der Waals surface area contributed by atoms with Gasteiger partial charge in [0.1, 0.15) is 5.82 Å². The number of halogens is 1. The van der Waals surface area contributed by atoms with E-state index in [1.165, 1.54) is 0 Å². The van der Waals surface area contributed by atoms with Gasteiger partial charge in [0.15, 0.2) is 5.82 Å². The quantitative estimate of drug-likeness (QED) is 0.730. The van der Waals surface area contributed by atoms with Crippen molar-refractivity contribution in [2.75, 3.05) is 18.0 Å². The van der Waals surface area contributed by atoms with Crippen LogP contribution < -0.4 is 10.2 Å². The summed E-state index contributed by atoms with van der Waals surface area (Å²) in [6.07, 6.45) is 2.85. The second-order valence-corrected chi connectivity index (χ2v) is 6.44. The number of hydrogen-bond donors (Lipinski definition) is 2. The Morgan fingerprint density at radius 2 is 2.20 bits per heavy atom. The van der Waals surface area contributed by atoms with Gasteiger partial charge >= 0.3 is 0 Å². The van der Waals surface area contributed by atoms with E-state index in [-0.39, 0.29) is 0 Å². The monoisotopic (exact) mass is 355 g/mol. The third-order valence-corrected chi connectivity index (χ3v) is 4.68. The van der Waals surface area contributed by atoms with Crippen molar-refractivity contribution in [3.8, 4) is 11.4 Å². The van der Waals surface area contributed by atoms with Crippen LogP contribution in [0.25, 0.3) is 11.4 Å². The van der Waals surface area contributed by atoms with Gasteiger partial charge in [-0.25, -0.2) is 10.1 Å². The van der Waals surface area contributed by atoms with Crippen LogP contribution in [-0.4, -0.2) is 44.7 Å². The highest BCUT2D eigenvalue weighted by atomic mass is 35.5. The van der Waals surface area contributed by atoms with Gasteiger partial charge in [0, 0.05) is 30.9 Å². The molecular formula is C17H18ClN7. The van der Waals surface area contributed by atoms with Crippen molar-refractivity contribution in [3.05, 3.63) is 53.2 Å². The summed E-state index contributed by atoms with van der Waals surface area (Å²) in [4.78, 5) is 6.80. The van der Waals surface area contributed by atoms with Crippen molar-refractivity contribution in [1.82, 2.24) is 30.9 Å². The van der Waals surface area contributed by atoms with E-state index in [4.69, 9.17) is 11.6 Å². The smallest absolute Gasteiger partial charge is 0.179 e. The minimum absolute atomic E-state index is 0.364. The number of benzene rings is 1. The van der Waals surface area contributed by atoms with Gasteiger partial charge in [-0.3, -0.25) is 0 Å². The molecule has 2 N–H and O–H groups in total. The van der Waals surface area contributed by atoms with Crippen LogP contribution >= 0.6 is 11.6 Å². The molecule has 0 spiro atoms. The molecule has 2 aromatic heterocycles. The maximum Gasteiger partial charge on any atom is 0.179 e. The van der Waals surface area contributed by atoms with Crippen molar-refractivity contribution in [2.24, 2.45) is 0 Å². The average molecular weight is 356 g/mol. The highest BCUT2D eigenvalue weighted by molar-refractivity contribution is 6.32. The molecule has 1 saturated heterocycles. The third kappa shape index (κ3) is 3.47. The van der Waals surface area contributed by atoms with Gasteiger partial charge in [-0.1, -0.05) is 29.8 Å². The number of hydrogen-bond acceptors (Lipinski definition) is 6. The molecule has 1 aliphatic heterocycles. The van der Waals surface area contributed by atoms with E-state index < -0.39 is 0 Å². The van der Waals surface area contributed by atoms with Gasteiger partial charge in [-0.05, 0) is 47.2 Å². The Hall–Kier alpha value is -2.51. The standard InChI is InChI=1S/C17H18ClN7/c18-15-5-2-7-20-17(15)25(14-6-8-19-10-14)11-12-3-1-4-13(9-12)16-21-23-24-22-16/h1-5,7,9,14,19H,6,8,10-11H2,(H,21,22,23,24)/t14-/m1/s1. The van der Waals surface area contributed by atoms with E-state index in [0.717, 1.165) is 43.0 Å². The molecule has 1 fully saturated rings. The lowest BCUT2D eigenvalue weighted by atomic mass is 10.1. The Balaban J connectivity index is 1.65. The summed E-state index contributed by atoms with van der Waals surface area (Å²) in [5.74, 6) is 1.48. The average Bonchev–Trinajstić information content (AvgIpc) is 3.34. The van der Waals surface area contributed by atoms with E-state index in [9.17, 15) is 0 Å². The number of H-pyrrole nitrogens is 1. The first-order valence-corrected chi connectivity index (χ1v) is 8.60. The van der Waals surface area contributed by atoms with Gasteiger partial charge < -0.3 is 10.2 Å². The molecule has 0 aliphatic carbocycles. The van der Waals surface area contributed by atoms with Crippen molar-refractivity contribution in [2.45, 2.75) is 19.0 Å². The molecule has 3 aromatic rings. The Labute approximate surface area is 150 Å². The number of nitrogens with zero attached hydrogens (tertiary/aromatic N) is 5. The minimum atomic E-state index is 0.364. The largest absolute Gasteiger partial charge is 0.347 e. The first kappa shape index (κ1) is 16.0. The molecule has 1 aliphatic rings. The molecule has 128 valence electrons. The first-order valence-electron chi connectivity index (χ1n) is 8.22. The molecule has 4 rings (SSSR count). The maximum atomic E-state index is 6.42. The van der Waals surface area contributed by atoms with Crippen LogP contribution in [0.1, 0.15) is 12.0 Å². The molecule has 0 amide bonds. The number of tetrazole rings is 1. The highest BCUT2D eigenvalue weighted by Crippen LogP contribution is 2.28. The molecule has 0 saturated carbocycles. The van der Waals surface area contributed by atoms with Crippen LogP contribution in [-0.2, 0) is 6.54 Å². The van der Waals surface area contributed by atoms with Crippen LogP contribution in [0.2, 0.25) is 5.02 Å². The predicted octanol–water partition coefficient (Wildman–Crippen LogP) is 2.28. The van der Waals surface area contributed by atoms with Gasteiger partial charge in [-0.15, -0.1) is 5.10 Å².